The van der Waals surface area contributed by atoms with Gasteiger partial charge in [-0.15, -0.1) is 0 Å². The molecular weight excluding hydrogens is 608 g/mol. The van der Waals surface area contributed by atoms with E-state index in [0.717, 1.165) is 35.2 Å². The van der Waals surface area contributed by atoms with E-state index >= 15 is 0 Å². The summed E-state index contributed by atoms with van der Waals surface area (Å²) in [5.41, 5.74) is 3.34. The van der Waals surface area contributed by atoms with Gasteiger partial charge in [0.05, 0.1) is 17.1 Å². The number of carbonyl (C=O) groups excluding carboxylic acids is 2. The minimum absolute atomic E-state index is 0.143. The third-order valence-electron chi connectivity index (χ3n) is 7.96. The lowest BCUT2D eigenvalue weighted by atomic mass is 10.0. The number of nitrogens with zero attached hydrogens (tertiary/aromatic N) is 3. The fraction of sp³-hybridized carbons (Fsp3) is 0.286. The largest absolute Gasteiger partial charge is 0.349 e. The second-order valence-corrected chi connectivity index (χ2v) is 13.5. The van der Waals surface area contributed by atoms with Gasteiger partial charge in [0.1, 0.15) is 6.04 Å². The van der Waals surface area contributed by atoms with Crippen LogP contribution in [0.15, 0.2) is 108 Å². The number of pyridine rings is 1. The van der Waals surface area contributed by atoms with Crippen LogP contribution in [0.25, 0.3) is 0 Å². The lowest BCUT2D eigenvalue weighted by molar-refractivity contribution is -0.141. The molecule has 45 heavy (non-hydrogen) atoms. The Hall–Kier alpha value is -4.05. The van der Waals surface area contributed by atoms with Gasteiger partial charge < -0.3 is 10.2 Å². The molecule has 0 saturated carbocycles. The second-order valence-electron chi connectivity index (χ2n) is 11.1. The maximum absolute atomic E-state index is 14.0. The Morgan fingerprint density at radius 1 is 0.844 bits per heavy atom. The molecule has 0 spiro atoms. The van der Waals surface area contributed by atoms with Crippen LogP contribution in [0.2, 0.25) is 5.02 Å². The molecule has 1 aliphatic heterocycles. The topological polar surface area (TPSA) is 99.7 Å². The van der Waals surface area contributed by atoms with Crippen LogP contribution in [0.4, 0.5) is 0 Å². The average molecular weight is 645 g/mol. The van der Waals surface area contributed by atoms with Gasteiger partial charge in [0.25, 0.3) is 0 Å². The molecular formula is C35H37ClN4O4S. The van der Waals surface area contributed by atoms with Gasteiger partial charge in [-0.3, -0.25) is 14.6 Å². The molecule has 1 aromatic heterocycles. The van der Waals surface area contributed by atoms with E-state index in [-0.39, 0.29) is 36.2 Å². The van der Waals surface area contributed by atoms with E-state index in [1.807, 2.05) is 60.7 Å². The predicted octanol–water partition coefficient (Wildman–Crippen LogP) is 5.41. The smallest absolute Gasteiger partial charge is 0.243 e. The number of aromatic nitrogens is 1. The minimum Gasteiger partial charge on any atom is -0.349 e. The summed E-state index contributed by atoms with van der Waals surface area (Å²) in [6, 6.07) is 28.4. The molecule has 1 fully saturated rings. The van der Waals surface area contributed by atoms with Crippen molar-refractivity contribution in [3.8, 4) is 0 Å². The number of hydrogen-bond donors (Lipinski definition) is 1. The number of halogens is 1. The van der Waals surface area contributed by atoms with E-state index in [1.165, 1.54) is 4.31 Å². The molecule has 1 aliphatic rings. The van der Waals surface area contributed by atoms with Crippen molar-refractivity contribution in [2.24, 2.45) is 0 Å². The first-order chi connectivity index (χ1) is 21.8. The van der Waals surface area contributed by atoms with Crippen molar-refractivity contribution < 1.29 is 18.0 Å². The number of carbonyl (C=O) groups is 2. The van der Waals surface area contributed by atoms with Crippen molar-refractivity contribution >= 4 is 33.4 Å². The summed E-state index contributed by atoms with van der Waals surface area (Å²) in [4.78, 5) is 34.0. The normalized spacial score (nSPS) is 14.2. The van der Waals surface area contributed by atoms with Crippen LogP contribution in [-0.2, 0) is 45.5 Å². The van der Waals surface area contributed by atoms with Gasteiger partial charge in [-0.25, -0.2) is 8.42 Å². The molecule has 1 saturated heterocycles. The molecule has 0 aliphatic carbocycles. The summed E-state index contributed by atoms with van der Waals surface area (Å²) in [5.74, 6) is -0.462. The quantitative estimate of drug-likeness (QED) is 0.210. The van der Waals surface area contributed by atoms with Crippen molar-refractivity contribution in [3.63, 3.8) is 0 Å². The monoisotopic (exact) mass is 644 g/mol. The molecule has 3 aromatic carbocycles. The highest BCUT2D eigenvalue weighted by Gasteiger charge is 2.31. The number of rotatable bonds is 13. The maximum Gasteiger partial charge on any atom is 0.243 e. The number of sulfonamides is 1. The fourth-order valence-electron chi connectivity index (χ4n) is 5.44. The minimum atomic E-state index is -3.51. The first-order valence-corrected chi connectivity index (χ1v) is 17.0. The first kappa shape index (κ1) is 32.3. The molecule has 1 N–H and O–H groups in total. The third-order valence-corrected chi connectivity index (χ3v) is 10.1. The number of amides is 2. The van der Waals surface area contributed by atoms with Crippen molar-refractivity contribution in [3.05, 3.63) is 131 Å². The van der Waals surface area contributed by atoms with Gasteiger partial charge in [-0.1, -0.05) is 72.3 Å². The summed E-state index contributed by atoms with van der Waals surface area (Å²) in [6.07, 6.45) is 4.29. The average Bonchev–Trinajstić information content (AvgIpc) is 3.63. The van der Waals surface area contributed by atoms with Crippen LogP contribution in [-0.4, -0.2) is 53.6 Å². The highest BCUT2D eigenvalue weighted by Crippen LogP contribution is 2.22. The van der Waals surface area contributed by atoms with Gasteiger partial charge in [0, 0.05) is 43.7 Å². The highest BCUT2D eigenvalue weighted by molar-refractivity contribution is 7.89. The third kappa shape index (κ3) is 8.78. The predicted molar refractivity (Wildman–Crippen MR) is 175 cm³/mol. The Kier molecular flexibility index (Phi) is 11.0. The Bertz CT molecular complexity index is 1660. The van der Waals surface area contributed by atoms with Crippen molar-refractivity contribution in [1.82, 2.24) is 19.5 Å². The Balaban J connectivity index is 1.36. The summed E-state index contributed by atoms with van der Waals surface area (Å²) in [5, 5.41) is 3.57. The van der Waals surface area contributed by atoms with Crippen LogP contribution in [0.1, 0.15) is 41.6 Å². The van der Waals surface area contributed by atoms with E-state index in [4.69, 9.17) is 11.6 Å². The van der Waals surface area contributed by atoms with Crippen LogP contribution in [0.3, 0.4) is 0 Å². The number of hydrogen-bond acceptors (Lipinski definition) is 5. The van der Waals surface area contributed by atoms with Crippen molar-refractivity contribution in [1.29, 1.82) is 0 Å². The van der Waals surface area contributed by atoms with E-state index < -0.39 is 16.1 Å². The van der Waals surface area contributed by atoms with Crippen LogP contribution < -0.4 is 5.32 Å². The van der Waals surface area contributed by atoms with E-state index in [2.05, 4.69) is 10.3 Å². The van der Waals surface area contributed by atoms with Crippen molar-refractivity contribution in [2.45, 2.75) is 56.1 Å². The lowest BCUT2D eigenvalue weighted by Gasteiger charge is -2.31. The molecule has 0 bridgehead atoms. The van der Waals surface area contributed by atoms with Gasteiger partial charge in [-0.05, 0) is 72.4 Å². The summed E-state index contributed by atoms with van der Waals surface area (Å²) in [7, 11) is -3.51. The van der Waals surface area contributed by atoms with Gasteiger partial charge in [0.2, 0.25) is 21.8 Å². The zero-order valence-electron chi connectivity index (χ0n) is 25.0. The Labute approximate surface area is 270 Å². The summed E-state index contributed by atoms with van der Waals surface area (Å²) >= 11 is 6.13. The first-order valence-electron chi connectivity index (χ1n) is 15.1. The van der Waals surface area contributed by atoms with E-state index in [1.54, 1.807) is 47.5 Å². The summed E-state index contributed by atoms with van der Waals surface area (Å²) in [6.45, 7) is 1.54. The van der Waals surface area contributed by atoms with Gasteiger partial charge in [-0.2, -0.15) is 4.31 Å². The van der Waals surface area contributed by atoms with E-state index in [0.29, 0.717) is 31.0 Å². The molecule has 2 heterocycles. The zero-order chi connectivity index (χ0) is 31.6. The number of aryl methyl sites for hydroxylation is 1. The molecule has 10 heteroatoms. The molecule has 1 unspecified atom stereocenters. The Morgan fingerprint density at radius 2 is 1.51 bits per heavy atom. The van der Waals surface area contributed by atoms with Crippen molar-refractivity contribution in [2.75, 3.05) is 13.1 Å². The number of nitrogens with one attached hydrogen (secondary N) is 1. The lowest BCUT2D eigenvalue weighted by Crippen LogP contribution is -2.50. The highest BCUT2D eigenvalue weighted by atomic mass is 35.5. The van der Waals surface area contributed by atoms with Gasteiger partial charge in [0.15, 0.2) is 0 Å². The molecule has 2 amide bonds. The molecule has 234 valence electrons. The van der Waals surface area contributed by atoms with E-state index in [9.17, 15) is 18.0 Å². The fourth-order valence-corrected chi connectivity index (χ4v) is 7.08. The molecule has 5 rings (SSSR count). The maximum atomic E-state index is 14.0. The SMILES string of the molecule is O=C(NCc1ccccn1)C(Cc1ccccc1)N(Cc1ccc(Cl)cc1)C(=O)CCc1ccc(S(=O)(=O)N2CCCC2)cc1. The zero-order valence-corrected chi connectivity index (χ0v) is 26.6. The van der Waals surface area contributed by atoms with Crippen LogP contribution in [0.5, 0.6) is 0 Å². The van der Waals surface area contributed by atoms with Gasteiger partial charge >= 0.3 is 0 Å². The molecule has 1 atom stereocenters. The number of benzene rings is 3. The van der Waals surface area contributed by atoms with Crippen LogP contribution >= 0.6 is 11.6 Å². The Morgan fingerprint density at radius 3 is 2.18 bits per heavy atom. The molecule has 4 aromatic rings. The second kappa shape index (κ2) is 15.3. The summed E-state index contributed by atoms with van der Waals surface area (Å²) < 4.78 is 27.4. The van der Waals surface area contributed by atoms with Crippen LogP contribution in [0, 0.1) is 0 Å². The molecule has 8 nitrogen and oxygen atoms in total. The molecule has 0 radical (unpaired) electrons. The standard InChI is InChI=1S/C35H37ClN4O4S/c36-30-16-11-29(12-17-30)26-40(33(24-28-8-2-1-3-9-28)35(42)38-25-31-10-4-5-21-37-31)34(41)20-15-27-13-18-32(19-14-27)45(43,44)39-22-6-7-23-39/h1-5,8-14,16-19,21,33H,6-7,15,20,22-26H2,(H,38,42).